The van der Waals surface area contributed by atoms with Crippen LogP contribution >= 0.6 is 0 Å². The highest BCUT2D eigenvalue weighted by atomic mass is 16.6. The quantitative estimate of drug-likeness (QED) is 0.0389. The molecule has 2 aliphatic heterocycles. The molecule has 2 heterocycles. The van der Waals surface area contributed by atoms with Gasteiger partial charge in [0.1, 0.15) is 25.3 Å². The first kappa shape index (κ1) is 56.1. The molecule has 8 N–H and O–H groups in total. The van der Waals surface area contributed by atoms with Crippen LogP contribution in [0.5, 0.6) is 23.0 Å². The highest BCUT2D eigenvalue weighted by molar-refractivity contribution is 6.05. The Bertz CT molecular complexity index is 2450. The maximum absolute atomic E-state index is 13.7. The van der Waals surface area contributed by atoms with Crippen LogP contribution in [0.15, 0.2) is 61.2 Å². The number of aliphatic hydroxyl groups excluding tert-OH is 2. The second-order valence-corrected chi connectivity index (χ2v) is 17.4. The minimum absolute atomic E-state index is 0.0110. The number of rotatable bonds is 26. The van der Waals surface area contributed by atoms with Crippen molar-refractivity contribution in [3.8, 4) is 23.0 Å². The molecule has 2 fully saturated rings. The summed E-state index contributed by atoms with van der Waals surface area (Å²) in [6.45, 7) is 8.98. The topological polar surface area (TPSA) is 302 Å². The van der Waals surface area contributed by atoms with E-state index >= 15 is 0 Å². The van der Waals surface area contributed by atoms with Gasteiger partial charge in [-0.1, -0.05) is 38.6 Å². The van der Waals surface area contributed by atoms with E-state index in [9.17, 15) is 48.9 Å². The van der Waals surface area contributed by atoms with Gasteiger partial charge in [-0.2, -0.15) is 0 Å². The van der Waals surface area contributed by atoms with E-state index in [1.54, 1.807) is 38.1 Å². The maximum Gasteiger partial charge on any atom is 0.411 e. The molecule has 0 spiro atoms. The normalized spacial score (nSPS) is 15.5. The number of hydrogen-bond acceptors (Lipinski definition) is 15. The van der Waals surface area contributed by atoms with Crippen molar-refractivity contribution in [1.29, 1.82) is 0 Å². The Kier molecular flexibility index (Phi) is 20.9. The predicted octanol–water partition coefficient (Wildman–Crippen LogP) is 4.96. The lowest BCUT2D eigenvalue weighted by Crippen LogP contribution is -2.53. The molecule has 0 saturated carbocycles. The molecule has 2 aliphatic rings. The number of hydrogen-bond donors (Lipinski definition) is 8. The summed E-state index contributed by atoms with van der Waals surface area (Å²) in [6, 6.07) is 9.42. The van der Waals surface area contributed by atoms with Gasteiger partial charge in [0.2, 0.25) is 11.8 Å². The molecule has 3 aromatic rings. The van der Waals surface area contributed by atoms with Gasteiger partial charge < -0.3 is 69.5 Å². The summed E-state index contributed by atoms with van der Waals surface area (Å²) in [5, 5.41) is 41.6. The fourth-order valence-electron chi connectivity index (χ4n) is 7.63. The molecular weight excluding hydrogens is 955 g/mol. The van der Waals surface area contributed by atoms with Crippen molar-refractivity contribution in [2.45, 2.75) is 83.6 Å². The van der Waals surface area contributed by atoms with Gasteiger partial charge in [0.25, 0.3) is 11.8 Å². The number of aliphatic hydroxyl groups is 2. The summed E-state index contributed by atoms with van der Waals surface area (Å²) in [5.41, 5.74) is 1.16. The number of nitrogens with zero attached hydrogens (tertiary/aromatic N) is 2. The number of carbonyl (C=O) groups is 7. The third-order valence-corrected chi connectivity index (χ3v) is 12.0. The molecule has 0 bridgehead atoms. The summed E-state index contributed by atoms with van der Waals surface area (Å²) in [7, 11) is 2.81. The van der Waals surface area contributed by atoms with Crippen LogP contribution in [0.4, 0.5) is 31.4 Å². The number of carbonyl (C=O) groups excluding carboxylic acids is 6. The first-order chi connectivity index (χ1) is 35.0. The summed E-state index contributed by atoms with van der Waals surface area (Å²) in [6.07, 6.45) is 1.25. The Hall–Kier alpha value is -7.79. The van der Waals surface area contributed by atoms with Crippen LogP contribution in [0.1, 0.15) is 79.2 Å². The van der Waals surface area contributed by atoms with Crippen molar-refractivity contribution in [1.82, 2.24) is 20.4 Å². The molecule has 0 aliphatic carbocycles. The van der Waals surface area contributed by atoms with Crippen molar-refractivity contribution in [3.63, 3.8) is 0 Å². The molecule has 0 aromatic heterocycles. The van der Waals surface area contributed by atoms with Crippen molar-refractivity contribution in [2.75, 3.05) is 76.3 Å². The lowest BCUT2D eigenvalue weighted by molar-refractivity contribution is -0.128. The Morgan fingerprint density at radius 3 is 1.67 bits per heavy atom. The van der Waals surface area contributed by atoms with Gasteiger partial charge in [0.15, 0.2) is 23.0 Å². The van der Waals surface area contributed by atoms with Crippen LogP contribution in [0.25, 0.3) is 0 Å². The van der Waals surface area contributed by atoms with Crippen LogP contribution in [-0.2, 0) is 25.7 Å². The van der Waals surface area contributed by atoms with Crippen LogP contribution < -0.4 is 45.5 Å². The van der Waals surface area contributed by atoms with E-state index in [0.717, 1.165) is 0 Å². The van der Waals surface area contributed by atoms with E-state index in [1.165, 1.54) is 61.3 Å². The zero-order chi connectivity index (χ0) is 53.2. The first-order valence-electron chi connectivity index (χ1n) is 23.7. The maximum atomic E-state index is 13.7. The minimum atomic E-state index is -1.37. The van der Waals surface area contributed by atoms with Crippen molar-refractivity contribution in [2.24, 2.45) is 5.92 Å². The number of likely N-dealkylation sites (tertiary alicyclic amines) is 2. The number of alkyl carbamates (subject to hydrolysis) is 1. The van der Waals surface area contributed by atoms with Gasteiger partial charge in [-0.25, -0.2) is 14.4 Å². The first-order valence-corrected chi connectivity index (χ1v) is 23.7. The van der Waals surface area contributed by atoms with Gasteiger partial charge in [-0.15, -0.1) is 0 Å². The second-order valence-electron chi connectivity index (χ2n) is 17.4. The van der Waals surface area contributed by atoms with E-state index in [1.807, 2.05) is 0 Å². The highest BCUT2D eigenvalue weighted by Crippen LogP contribution is 2.38. The SMILES string of the molecule is C=CCOC(=O)NC(C(=O)NC(C)C(=O)Nc1ccc(COC(=O)Nc2cc(OCCCCCOc3cc(NC(=O)O)c(C(=O)N4CC[C@H]4CO)cc3OC)c(OC)cc2C(=O)N2CC[C@H]2CO)cc1)C(C)C. The average Bonchev–Trinajstić information content (AvgIpc) is 3.33. The Labute approximate surface area is 422 Å². The number of anilines is 3. The molecule has 396 valence electrons. The molecule has 2 saturated heterocycles. The standard InChI is InChI=1S/C50H65N7O16/c1-7-19-72-50(67)55-43(29(2)3)45(61)51-30(4)44(60)52-32-13-11-31(12-14-32)28-73-49(66)54-38-25-42(40(69-6)23-36(38)47(63)57-18-16-34(57)27-59)71-21-10-8-9-20-70-41-24-37(53-48(64)65)35(22-39(41)68-5)46(62)56-17-15-33(56)26-58/h7,11-14,22-25,29-30,33-34,43,53,58-59H,1,8-10,15-21,26-28H2,2-6H3,(H,51,61)(H,52,60)(H,54,66)(H,55,67)(H,64,65)/t30?,33-,34-,43?/m0/s1. The minimum Gasteiger partial charge on any atom is -0.493 e. The fraction of sp³-hybridized carbons (Fsp3) is 0.460. The third kappa shape index (κ3) is 15.4. The van der Waals surface area contributed by atoms with E-state index < -0.39 is 60.0 Å². The summed E-state index contributed by atoms with van der Waals surface area (Å²) in [5.74, 6) is -1.44. The lowest BCUT2D eigenvalue weighted by atomic mass is 10.0. The molecule has 23 nitrogen and oxygen atoms in total. The van der Waals surface area contributed by atoms with Gasteiger partial charge in [0, 0.05) is 30.9 Å². The predicted molar refractivity (Wildman–Crippen MR) is 265 cm³/mol. The van der Waals surface area contributed by atoms with Crippen LogP contribution in [0, 0.1) is 5.92 Å². The molecule has 73 heavy (non-hydrogen) atoms. The van der Waals surface area contributed by atoms with E-state index in [0.29, 0.717) is 56.4 Å². The molecule has 3 aromatic carbocycles. The lowest BCUT2D eigenvalue weighted by Gasteiger charge is -2.40. The number of benzene rings is 3. The summed E-state index contributed by atoms with van der Waals surface area (Å²) < 4.78 is 33.5. The fourth-order valence-corrected chi connectivity index (χ4v) is 7.63. The Morgan fingerprint density at radius 1 is 0.685 bits per heavy atom. The number of unbranched alkanes of at least 4 members (excludes halogenated alkanes) is 2. The van der Waals surface area contributed by atoms with E-state index in [-0.39, 0.29) is 97.1 Å². The van der Waals surface area contributed by atoms with E-state index in [4.69, 9.17) is 28.4 Å². The smallest absolute Gasteiger partial charge is 0.411 e. The van der Waals surface area contributed by atoms with Gasteiger partial charge in [0.05, 0.1) is 75.2 Å². The zero-order valence-electron chi connectivity index (χ0n) is 41.5. The van der Waals surface area contributed by atoms with Crippen molar-refractivity contribution in [3.05, 3.63) is 77.9 Å². The summed E-state index contributed by atoms with van der Waals surface area (Å²) in [4.78, 5) is 92.8. The van der Waals surface area contributed by atoms with Crippen molar-refractivity contribution < 1.29 is 77.3 Å². The van der Waals surface area contributed by atoms with Crippen molar-refractivity contribution >= 4 is 59.0 Å². The monoisotopic (exact) mass is 1020 g/mol. The Balaban J connectivity index is 1.16. The van der Waals surface area contributed by atoms with Crippen LogP contribution in [0.2, 0.25) is 0 Å². The highest BCUT2D eigenvalue weighted by Gasteiger charge is 2.36. The van der Waals surface area contributed by atoms with Gasteiger partial charge in [-0.05, 0) is 74.8 Å². The number of ether oxygens (including phenoxy) is 6. The van der Waals surface area contributed by atoms with Gasteiger partial charge in [-0.3, -0.25) is 29.8 Å². The van der Waals surface area contributed by atoms with Crippen LogP contribution in [-0.4, -0.2) is 152 Å². The molecule has 7 amide bonds. The summed E-state index contributed by atoms with van der Waals surface area (Å²) >= 11 is 0. The molecule has 5 rings (SSSR count). The second kappa shape index (κ2) is 27.1. The zero-order valence-corrected chi connectivity index (χ0v) is 41.5. The third-order valence-electron chi connectivity index (χ3n) is 12.0. The number of nitrogens with one attached hydrogen (secondary N) is 5. The molecule has 0 radical (unpaired) electrons. The number of methoxy groups -OCH3 is 2. The number of amides is 7. The number of carboxylic acid groups (broad SMARTS) is 1. The largest absolute Gasteiger partial charge is 0.493 e. The van der Waals surface area contributed by atoms with E-state index in [2.05, 4.69) is 33.2 Å². The average molecular weight is 1020 g/mol. The Morgan fingerprint density at radius 2 is 1.22 bits per heavy atom. The molecular formula is C50H65N7O16. The van der Waals surface area contributed by atoms with Gasteiger partial charge >= 0.3 is 18.3 Å². The molecule has 2 unspecified atom stereocenters. The molecule has 23 heteroatoms. The molecule has 4 atom stereocenters. The van der Waals surface area contributed by atoms with Crippen LogP contribution in [0.3, 0.4) is 0 Å².